The Morgan fingerprint density at radius 1 is 0.360 bits per heavy atom. The van der Waals surface area contributed by atoms with Gasteiger partial charge in [-0.2, -0.15) is 0 Å². The molecule has 10 heterocycles. The van der Waals surface area contributed by atoms with E-state index in [9.17, 15) is 39.6 Å². The quantitative estimate of drug-likeness (QED) is 0.0421. The maximum absolute atomic E-state index is 11.5. The summed E-state index contributed by atoms with van der Waals surface area (Å²) in [6, 6.07) is 15.8. The summed E-state index contributed by atoms with van der Waals surface area (Å²) in [5, 5.41) is 37.8. The Hall–Kier alpha value is -7.96. The molecule has 0 unspecified atom stereocenters. The Balaban J connectivity index is 0.000000240. The van der Waals surface area contributed by atoms with E-state index < -0.39 is 23.9 Å². The van der Waals surface area contributed by atoms with E-state index in [1.807, 2.05) is 116 Å². The van der Waals surface area contributed by atoms with Gasteiger partial charge in [0.05, 0.1) is 45.6 Å². The molecular formula is C68H70N8Na2O8. The van der Waals surface area contributed by atoms with Crippen LogP contribution in [0.3, 0.4) is 0 Å². The molecule has 0 atom stereocenters. The summed E-state index contributed by atoms with van der Waals surface area (Å²) >= 11 is 0. The second kappa shape index (κ2) is 27.2. The van der Waals surface area contributed by atoms with Crippen molar-refractivity contribution in [2.75, 3.05) is 0 Å². The molecule has 0 saturated carbocycles. The zero-order valence-corrected chi connectivity index (χ0v) is 48.6. The third-order valence-corrected chi connectivity index (χ3v) is 16.4. The molecule has 0 fully saturated rings. The molecule has 432 valence electrons. The third kappa shape index (κ3) is 13.2. The fourth-order valence-electron chi connectivity index (χ4n) is 11.5. The van der Waals surface area contributed by atoms with E-state index in [-0.39, 0.29) is 84.8 Å². The van der Waals surface area contributed by atoms with Gasteiger partial charge in [0, 0.05) is 92.1 Å². The van der Waals surface area contributed by atoms with Crippen LogP contribution in [-0.4, -0.2) is 143 Å². The van der Waals surface area contributed by atoms with Gasteiger partial charge in [-0.1, -0.05) is 50.6 Å². The SMILES string of the molecule is C=CC1=C(C)c2cc3[nH]c(cc4nc(cc5[nH]c(cc1n2)c(C)c5CCC(=O)O)C(CCC(=O)O)=C4C)c(C)c3C=C.C=CC1=C(C)c2cc3[nH]c(cc4nc(cc5[nH]c(cc1n2)c(C)c5CCC(=O)O)C(CCC(=O)O)=C4C)c(C)c3C=C.[NaH].[NaH]. The second-order valence-corrected chi connectivity index (χ2v) is 21.5. The van der Waals surface area contributed by atoms with Crippen molar-refractivity contribution in [2.45, 2.75) is 107 Å². The van der Waals surface area contributed by atoms with Crippen LogP contribution < -0.4 is 0 Å². The predicted octanol–water partition coefficient (Wildman–Crippen LogP) is 13.7. The number of hydrogen-bond acceptors (Lipinski definition) is 8. The van der Waals surface area contributed by atoms with Crippen LogP contribution in [0.5, 0.6) is 0 Å². The minimum absolute atomic E-state index is 0. The molecule has 4 aliphatic rings. The predicted molar refractivity (Wildman–Crippen MR) is 351 cm³/mol. The summed E-state index contributed by atoms with van der Waals surface area (Å²) in [6.07, 6.45) is 8.44. The number of nitrogens with zero attached hydrogens (tertiary/aromatic N) is 4. The summed E-state index contributed by atoms with van der Waals surface area (Å²) in [6.45, 7) is 32.1. The molecule has 0 aromatic carbocycles. The van der Waals surface area contributed by atoms with Gasteiger partial charge >= 0.3 is 83.0 Å². The maximum atomic E-state index is 11.5. The molecule has 16 bridgehead atoms. The van der Waals surface area contributed by atoms with E-state index in [2.05, 4.69) is 46.3 Å². The van der Waals surface area contributed by atoms with Gasteiger partial charge < -0.3 is 40.4 Å². The van der Waals surface area contributed by atoms with Crippen molar-refractivity contribution in [3.05, 3.63) is 177 Å². The van der Waals surface area contributed by atoms with Gasteiger partial charge in [0.15, 0.2) is 0 Å². The minimum atomic E-state index is -0.883. The van der Waals surface area contributed by atoms with Gasteiger partial charge in [-0.05, 0) is 196 Å². The van der Waals surface area contributed by atoms with Crippen molar-refractivity contribution < 1.29 is 39.6 Å². The number of carbonyl (C=O) groups is 4. The second-order valence-electron chi connectivity index (χ2n) is 21.5. The summed E-state index contributed by atoms with van der Waals surface area (Å²) in [4.78, 5) is 80.0. The monoisotopic (exact) mass is 1170 g/mol. The number of aliphatic carboxylic acids is 4. The first-order valence-electron chi connectivity index (χ1n) is 27.7. The molecule has 8 N–H and O–H groups in total. The summed E-state index contributed by atoms with van der Waals surface area (Å²) in [7, 11) is 0. The molecule has 6 aromatic heterocycles. The van der Waals surface area contributed by atoms with Gasteiger partial charge in [0.2, 0.25) is 0 Å². The van der Waals surface area contributed by atoms with Crippen LogP contribution in [0.2, 0.25) is 0 Å². The van der Waals surface area contributed by atoms with Gasteiger partial charge in [-0.25, -0.2) is 19.9 Å². The van der Waals surface area contributed by atoms with E-state index >= 15 is 0 Å². The van der Waals surface area contributed by atoms with Crippen molar-refractivity contribution in [3.8, 4) is 0 Å². The van der Waals surface area contributed by atoms with Gasteiger partial charge in [0.25, 0.3) is 0 Å². The van der Waals surface area contributed by atoms with Crippen molar-refractivity contribution >= 4 is 184 Å². The van der Waals surface area contributed by atoms with Crippen LogP contribution in [0.15, 0.2) is 87.0 Å². The van der Waals surface area contributed by atoms with Crippen molar-refractivity contribution in [1.29, 1.82) is 0 Å². The van der Waals surface area contributed by atoms with Crippen molar-refractivity contribution in [1.82, 2.24) is 39.9 Å². The summed E-state index contributed by atoms with van der Waals surface area (Å²) in [5.41, 5.74) is 27.4. The van der Waals surface area contributed by atoms with Crippen LogP contribution >= 0.6 is 0 Å². The van der Waals surface area contributed by atoms with Crippen LogP contribution in [0.25, 0.3) is 101 Å². The number of allylic oxidation sites excluding steroid dienone is 10. The molecule has 10 rings (SSSR count). The number of hydrogen-bond donors (Lipinski definition) is 8. The molecule has 4 aliphatic heterocycles. The molecule has 0 amide bonds. The summed E-state index contributed by atoms with van der Waals surface area (Å²) in [5.74, 6) is -3.53. The van der Waals surface area contributed by atoms with E-state index in [1.165, 1.54) is 0 Å². The van der Waals surface area contributed by atoms with E-state index in [0.29, 0.717) is 37.1 Å². The first kappa shape index (κ1) is 65.6. The first-order chi connectivity index (χ1) is 40.0. The zero-order chi connectivity index (χ0) is 60.6. The van der Waals surface area contributed by atoms with Gasteiger partial charge in [-0.15, -0.1) is 0 Å². The van der Waals surface area contributed by atoms with Crippen molar-refractivity contribution in [2.24, 2.45) is 0 Å². The van der Waals surface area contributed by atoms with Gasteiger partial charge in [-0.3, -0.25) is 19.2 Å². The number of nitrogens with one attached hydrogen (secondary N) is 4. The van der Waals surface area contributed by atoms with Crippen LogP contribution in [0, 0.1) is 27.7 Å². The Labute approximate surface area is 542 Å². The number of aromatic nitrogens is 8. The number of aromatic amines is 4. The van der Waals surface area contributed by atoms with Crippen LogP contribution in [0.1, 0.15) is 156 Å². The number of carboxylic acids is 4. The number of H-pyrrole nitrogens is 4. The average Bonchev–Trinajstić information content (AvgIpc) is 1.78. The van der Waals surface area contributed by atoms with Gasteiger partial charge in [0.1, 0.15) is 0 Å². The molecule has 0 radical (unpaired) electrons. The molecule has 0 saturated heterocycles. The molecule has 0 aliphatic carbocycles. The van der Waals surface area contributed by atoms with Crippen LogP contribution in [0.4, 0.5) is 0 Å². The Morgan fingerprint density at radius 3 is 0.953 bits per heavy atom. The van der Waals surface area contributed by atoms with Crippen LogP contribution in [-0.2, 0) is 32.0 Å². The van der Waals surface area contributed by atoms with E-state index in [1.54, 1.807) is 12.2 Å². The summed E-state index contributed by atoms with van der Waals surface area (Å²) < 4.78 is 0. The average molecular weight is 1170 g/mol. The topological polar surface area (TPSA) is 264 Å². The third-order valence-electron chi connectivity index (χ3n) is 16.4. The Morgan fingerprint density at radius 2 is 0.628 bits per heavy atom. The zero-order valence-electron chi connectivity index (χ0n) is 48.6. The fourth-order valence-corrected chi connectivity index (χ4v) is 11.5. The first-order valence-corrected chi connectivity index (χ1v) is 27.7. The molecule has 6 aromatic rings. The number of aryl methyl sites for hydroxylation is 6. The van der Waals surface area contributed by atoms with E-state index in [0.717, 1.165) is 167 Å². The number of rotatable bonds is 16. The number of carboxylic acid groups (broad SMARTS) is 4. The van der Waals surface area contributed by atoms with E-state index in [4.69, 9.17) is 19.9 Å². The molecular weight excluding hydrogens is 1100 g/mol. The number of fused-ring (bicyclic) bond motifs is 16. The molecule has 0 spiro atoms. The Kier molecular flexibility index (Phi) is 20.7. The fraction of sp³-hybridized carbons (Fsp3) is 0.235. The van der Waals surface area contributed by atoms with Crippen molar-refractivity contribution in [3.63, 3.8) is 0 Å². The normalized spacial score (nSPS) is 12.7. The molecule has 86 heavy (non-hydrogen) atoms. The molecule has 16 nitrogen and oxygen atoms in total. The Bertz CT molecular complexity index is 4130. The molecule has 18 heteroatoms. The standard InChI is InChI=1S/2C34H34N4O4.2Na.2H/c2*1-7-21-17(3)25-13-26-19(5)23(9-11-33(39)40)31(37-26)16-32-24(10-12-34(41)42)20(6)28(38-32)15-30-22(8-2)18(4)27(36-30)14-29(21)35-25;;;;/h2*7-8,13-16,35,38H,1-2,9-12H2,3-6H3,(H,39,40)(H,41,42);;;;.